The van der Waals surface area contributed by atoms with E-state index in [1.807, 2.05) is 11.3 Å². The summed E-state index contributed by atoms with van der Waals surface area (Å²) in [6.45, 7) is 0. The Bertz CT molecular complexity index is 2350. The van der Waals surface area contributed by atoms with Gasteiger partial charge in [-0.1, -0.05) is 72.8 Å². The van der Waals surface area contributed by atoms with Gasteiger partial charge in [0.05, 0.1) is 22.1 Å². The number of furan rings is 1. The lowest BCUT2D eigenvalue weighted by molar-refractivity contribution is 0.669. The molecule has 0 saturated carbocycles. The first-order valence-electron chi connectivity index (χ1n) is 13.2. The number of para-hydroxylation sites is 2. The van der Waals surface area contributed by atoms with Crippen molar-refractivity contribution in [1.29, 1.82) is 0 Å². The number of rotatable bonds is 2. The lowest BCUT2D eigenvalue weighted by Gasteiger charge is -2.09. The fourth-order valence-corrected chi connectivity index (χ4v) is 7.35. The molecule has 0 aliphatic rings. The van der Waals surface area contributed by atoms with Crippen LogP contribution in [0.2, 0.25) is 0 Å². The summed E-state index contributed by atoms with van der Waals surface area (Å²) in [5.41, 5.74) is 7.73. The normalized spacial score (nSPS) is 12.1. The Balaban J connectivity index is 1.28. The minimum atomic E-state index is 0.904. The monoisotopic (exact) mass is 515 g/mol. The number of hydrogen-bond donors (Lipinski definition) is 0. The van der Waals surface area contributed by atoms with E-state index in [2.05, 4.69) is 132 Å². The Kier molecular flexibility index (Phi) is 4.24. The highest BCUT2D eigenvalue weighted by Crippen LogP contribution is 2.41. The summed E-state index contributed by atoms with van der Waals surface area (Å²) in [4.78, 5) is 0. The van der Waals surface area contributed by atoms with Crippen molar-refractivity contribution in [2.45, 2.75) is 0 Å². The van der Waals surface area contributed by atoms with E-state index < -0.39 is 0 Å². The van der Waals surface area contributed by atoms with Crippen LogP contribution in [0.4, 0.5) is 0 Å². The molecule has 0 unspecified atom stereocenters. The molecule has 0 fully saturated rings. The van der Waals surface area contributed by atoms with Gasteiger partial charge in [-0.2, -0.15) is 0 Å². The van der Waals surface area contributed by atoms with Crippen molar-refractivity contribution in [2.75, 3.05) is 0 Å². The zero-order valence-electron chi connectivity index (χ0n) is 20.9. The Morgan fingerprint density at radius 2 is 1.13 bits per heavy atom. The lowest BCUT2D eigenvalue weighted by Crippen LogP contribution is -1.94. The summed E-state index contributed by atoms with van der Waals surface area (Å²) >= 11 is 1.85. The third-order valence-corrected chi connectivity index (χ3v) is 9.16. The molecule has 0 aliphatic carbocycles. The van der Waals surface area contributed by atoms with Gasteiger partial charge in [0.2, 0.25) is 0 Å². The third kappa shape index (κ3) is 2.96. The predicted octanol–water partition coefficient (Wildman–Crippen LogP) is 10.7. The molecule has 6 aromatic carbocycles. The van der Waals surface area contributed by atoms with E-state index in [-0.39, 0.29) is 0 Å². The van der Waals surface area contributed by atoms with Crippen LogP contribution in [0.25, 0.3) is 80.7 Å². The molecule has 9 aromatic rings. The molecule has 9 rings (SSSR count). The zero-order valence-corrected chi connectivity index (χ0v) is 21.7. The molecule has 3 heterocycles. The van der Waals surface area contributed by atoms with Crippen molar-refractivity contribution in [3.8, 4) is 16.8 Å². The average Bonchev–Trinajstić information content (AvgIpc) is 3.66. The van der Waals surface area contributed by atoms with Crippen molar-refractivity contribution in [2.24, 2.45) is 0 Å². The van der Waals surface area contributed by atoms with Crippen molar-refractivity contribution in [1.82, 2.24) is 4.57 Å². The van der Waals surface area contributed by atoms with E-state index >= 15 is 0 Å². The van der Waals surface area contributed by atoms with Crippen LogP contribution in [-0.2, 0) is 0 Å². The summed E-state index contributed by atoms with van der Waals surface area (Å²) in [5.74, 6) is 0. The van der Waals surface area contributed by atoms with Gasteiger partial charge in [-0.3, -0.25) is 0 Å². The van der Waals surface area contributed by atoms with Crippen LogP contribution >= 0.6 is 11.3 Å². The molecular formula is C36H21NOS. The van der Waals surface area contributed by atoms with Gasteiger partial charge in [-0.05, 0) is 65.7 Å². The summed E-state index contributed by atoms with van der Waals surface area (Å²) < 4.78 is 11.5. The first-order chi connectivity index (χ1) is 19.3. The molecule has 0 aliphatic heterocycles. The van der Waals surface area contributed by atoms with Crippen LogP contribution in [0.15, 0.2) is 132 Å². The Morgan fingerprint density at radius 3 is 1.95 bits per heavy atom. The molecule has 39 heavy (non-hydrogen) atoms. The quantitative estimate of drug-likeness (QED) is 0.224. The standard InChI is InChI=1S/C36H21NOS/c1-4-11-29-24(8-1)25-9-2-5-12-30(25)37(29)31-13-7-14-32-36(31)27-18-16-23(21-33(27)38-32)22-17-19-35-28(20-22)26-10-3-6-15-34(26)39-35/h1-21H. The molecule has 0 bridgehead atoms. The van der Waals surface area contributed by atoms with E-state index in [9.17, 15) is 0 Å². The van der Waals surface area contributed by atoms with Gasteiger partial charge in [-0.15, -0.1) is 11.3 Å². The number of benzene rings is 6. The second-order valence-electron chi connectivity index (χ2n) is 10.1. The van der Waals surface area contributed by atoms with Crippen molar-refractivity contribution < 1.29 is 4.42 Å². The van der Waals surface area contributed by atoms with E-state index in [0.717, 1.165) is 33.2 Å². The first-order valence-corrected chi connectivity index (χ1v) is 14.0. The molecule has 182 valence electrons. The van der Waals surface area contributed by atoms with Crippen LogP contribution in [-0.4, -0.2) is 4.57 Å². The van der Waals surface area contributed by atoms with E-state index in [0.29, 0.717) is 0 Å². The van der Waals surface area contributed by atoms with Gasteiger partial charge in [0.1, 0.15) is 11.2 Å². The molecule has 0 radical (unpaired) electrons. The fourth-order valence-electron chi connectivity index (χ4n) is 6.26. The smallest absolute Gasteiger partial charge is 0.137 e. The van der Waals surface area contributed by atoms with Gasteiger partial charge >= 0.3 is 0 Å². The van der Waals surface area contributed by atoms with Gasteiger partial charge in [0.25, 0.3) is 0 Å². The first kappa shape index (κ1) is 21.1. The minimum absolute atomic E-state index is 0.904. The van der Waals surface area contributed by atoms with E-state index in [1.54, 1.807) is 0 Å². The van der Waals surface area contributed by atoms with Crippen LogP contribution in [0.1, 0.15) is 0 Å². The highest BCUT2D eigenvalue weighted by Gasteiger charge is 2.18. The largest absolute Gasteiger partial charge is 0.456 e. The molecule has 2 nitrogen and oxygen atoms in total. The minimum Gasteiger partial charge on any atom is -0.456 e. The molecule has 3 heteroatoms. The topological polar surface area (TPSA) is 18.1 Å². The van der Waals surface area contributed by atoms with Crippen LogP contribution in [0.3, 0.4) is 0 Å². The average molecular weight is 516 g/mol. The molecular weight excluding hydrogens is 494 g/mol. The van der Waals surface area contributed by atoms with Gasteiger partial charge in [0, 0.05) is 36.3 Å². The zero-order chi connectivity index (χ0) is 25.5. The molecule has 0 N–H and O–H groups in total. The Morgan fingerprint density at radius 1 is 0.462 bits per heavy atom. The number of fused-ring (bicyclic) bond motifs is 9. The second kappa shape index (κ2) is 7.83. The maximum absolute atomic E-state index is 6.51. The predicted molar refractivity (Wildman–Crippen MR) is 166 cm³/mol. The number of nitrogens with zero attached hydrogens (tertiary/aromatic N) is 1. The Labute approximate surface area is 227 Å². The third-order valence-electron chi connectivity index (χ3n) is 8.01. The van der Waals surface area contributed by atoms with Crippen LogP contribution < -0.4 is 0 Å². The molecule has 0 saturated heterocycles. The van der Waals surface area contributed by atoms with E-state index in [4.69, 9.17) is 4.42 Å². The maximum atomic E-state index is 6.51. The van der Waals surface area contributed by atoms with Gasteiger partial charge in [0.15, 0.2) is 0 Å². The Hall–Kier alpha value is -4.86. The van der Waals surface area contributed by atoms with Crippen molar-refractivity contribution in [3.05, 3.63) is 127 Å². The van der Waals surface area contributed by atoms with Crippen LogP contribution in [0.5, 0.6) is 0 Å². The molecule has 0 atom stereocenters. The lowest BCUT2D eigenvalue weighted by atomic mass is 10.0. The summed E-state index contributed by atoms with van der Waals surface area (Å²) in [7, 11) is 0. The van der Waals surface area contributed by atoms with Gasteiger partial charge in [-0.25, -0.2) is 0 Å². The van der Waals surface area contributed by atoms with Gasteiger partial charge < -0.3 is 8.98 Å². The molecule has 3 aromatic heterocycles. The molecule has 0 amide bonds. The number of thiophene rings is 1. The second-order valence-corrected chi connectivity index (χ2v) is 11.2. The van der Waals surface area contributed by atoms with E-state index in [1.165, 1.54) is 47.5 Å². The van der Waals surface area contributed by atoms with Crippen molar-refractivity contribution in [3.63, 3.8) is 0 Å². The summed E-state index contributed by atoms with van der Waals surface area (Å²) in [6, 6.07) is 45.8. The molecule has 0 spiro atoms. The van der Waals surface area contributed by atoms with Crippen LogP contribution in [0, 0.1) is 0 Å². The van der Waals surface area contributed by atoms with Crippen molar-refractivity contribution >= 4 is 75.3 Å². The SMILES string of the molecule is c1cc(-n2c3ccccc3c3ccccc32)c2c(c1)oc1cc(-c3ccc4sc5ccccc5c4c3)ccc12. The summed E-state index contributed by atoms with van der Waals surface area (Å²) in [6.07, 6.45) is 0. The number of hydrogen-bond acceptors (Lipinski definition) is 2. The maximum Gasteiger partial charge on any atom is 0.137 e. The number of aromatic nitrogens is 1. The highest BCUT2D eigenvalue weighted by atomic mass is 32.1. The highest BCUT2D eigenvalue weighted by molar-refractivity contribution is 7.25. The summed E-state index contributed by atoms with van der Waals surface area (Å²) in [5, 5.41) is 7.43. The fraction of sp³-hybridized carbons (Fsp3) is 0.